The average Bonchev–Trinajstić information content (AvgIpc) is 3.73. The van der Waals surface area contributed by atoms with Gasteiger partial charge < -0.3 is 25.4 Å². The number of likely N-dealkylation sites (tertiary alicyclic amines) is 1. The van der Waals surface area contributed by atoms with E-state index in [4.69, 9.17) is 4.74 Å². The number of para-hydroxylation sites is 1. The van der Waals surface area contributed by atoms with Crippen molar-refractivity contribution in [3.8, 4) is 5.75 Å². The van der Waals surface area contributed by atoms with Crippen molar-refractivity contribution in [2.45, 2.75) is 49.7 Å². The molecule has 3 amide bonds. The summed E-state index contributed by atoms with van der Waals surface area (Å²) in [5, 5.41) is 19.9. The van der Waals surface area contributed by atoms with Crippen LogP contribution in [0.1, 0.15) is 35.7 Å². The molecule has 47 heavy (non-hydrogen) atoms. The largest absolute Gasteiger partial charge is 0.495 e. The Hall–Kier alpha value is -5.21. The van der Waals surface area contributed by atoms with Crippen molar-refractivity contribution in [2.75, 3.05) is 24.3 Å². The number of urea groups is 1. The number of aromatic nitrogens is 2. The lowest BCUT2D eigenvalue weighted by Crippen LogP contribution is -2.43. The number of ether oxygens (including phenoxy) is 1. The Kier molecular flexibility index (Phi) is 10.2. The topological polar surface area (TPSA) is 172 Å². The Morgan fingerprint density at radius 1 is 1.00 bits per heavy atom. The molecule has 13 nitrogen and oxygen atoms in total. The molecule has 0 radical (unpaired) electrons. The van der Waals surface area contributed by atoms with Gasteiger partial charge in [0, 0.05) is 18.4 Å². The third-order valence-electron chi connectivity index (χ3n) is 7.86. The molecule has 2 unspecified atom stereocenters. The van der Waals surface area contributed by atoms with Gasteiger partial charge in [0.15, 0.2) is 0 Å². The molecule has 1 aliphatic heterocycles. The average molecular weight is 661 g/mol. The molecule has 4 aromatic rings. The molecule has 14 heteroatoms. The highest BCUT2D eigenvalue weighted by atomic mass is 32.2. The number of amides is 3. The van der Waals surface area contributed by atoms with E-state index in [1.54, 1.807) is 59.6 Å². The quantitative estimate of drug-likeness (QED) is 0.175. The minimum atomic E-state index is -4.07. The van der Waals surface area contributed by atoms with E-state index in [0.29, 0.717) is 41.3 Å². The Bertz CT molecular complexity index is 1860. The van der Waals surface area contributed by atoms with Crippen molar-refractivity contribution in [1.29, 1.82) is 0 Å². The molecular formula is C33H36N6O7S. The van der Waals surface area contributed by atoms with Gasteiger partial charge in [0.2, 0.25) is 15.9 Å². The number of carbonyl (C=O) groups is 3. The van der Waals surface area contributed by atoms with E-state index < -0.39 is 28.1 Å². The van der Waals surface area contributed by atoms with Crippen LogP contribution in [-0.4, -0.2) is 65.8 Å². The predicted molar refractivity (Wildman–Crippen MR) is 175 cm³/mol. The van der Waals surface area contributed by atoms with Crippen molar-refractivity contribution in [3.63, 3.8) is 0 Å². The molecule has 0 bridgehead atoms. The molecule has 3 aromatic carbocycles. The molecule has 0 saturated carbocycles. The number of hydrogen-bond acceptors (Lipinski definition) is 7. The third kappa shape index (κ3) is 8.15. The number of aliphatic carboxylic acids is 1. The van der Waals surface area contributed by atoms with Gasteiger partial charge in [-0.15, -0.1) is 0 Å². The maximum Gasteiger partial charge on any atom is 0.323 e. The van der Waals surface area contributed by atoms with Crippen molar-refractivity contribution in [1.82, 2.24) is 19.4 Å². The number of benzene rings is 3. The number of carboxylic acids is 1. The zero-order valence-corrected chi connectivity index (χ0v) is 26.7. The van der Waals surface area contributed by atoms with Crippen LogP contribution < -0.4 is 20.1 Å². The van der Waals surface area contributed by atoms with Crippen molar-refractivity contribution in [2.24, 2.45) is 0 Å². The normalized spacial score (nSPS) is 15.2. The molecule has 4 N–H and O–H groups in total. The molecular weight excluding hydrogens is 624 g/mol. The number of nitrogens with one attached hydrogen (secondary N) is 3. The number of hydrogen-bond donors (Lipinski definition) is 4. The van der Waals surface area contributed by atoms with Crippen molar-refractivity contribution >= 4 is 39.3 Å². The summed E-state index contributed by atoms with van der Waals surface area (Å²) in [4.78, 5) is 39.7. The number of methoxy groups -OCH3 is 1. The lowest BCUT2D eigenvalue weighted by Gasteiger charge is -2.24. The van der Waals surface area contributed by atoms with Crippen LogP contribution in [0, 0.1) is 6.92 Å². The summed E-state index contributed by atoms with van der Waals surface area (Å²) in [6.07, 6.45) is 3.11. The summed E-state index contributed by atoms with van der Waals surface area (Å²) >= 11 is 0. The molecule has 246 valence electrons. The van der Waals surface area contributed by atoms with E-state index in [-0.39, 0.29) is 29.8 Å². The molecule has 2 heterocycles. The zero-order chi connectivity index (χ0) is 33.6. The Balaban J connectivity index is 1.22. The lowest BCUT2D eigenvalue weighted by molar-refractivity contribution is -0.139. The monoisotopic (exact) mass is 660 g/mol. The van der Waals surface area contributed by atoms with Crippen LogP contribution >= 0.6 is 0 Å². The second-order valence-corrected chi connectivity index (χ2v) is 12.9. The van der Waals surface area contributed by atoms with Crippen LogP contribution in [0.4, 0.5) is 16.2 Å². The van der Waals surface area contributed by atoms with E-state index in [2.05, 4.69) is 20.5 Å². The van der Waals surface area contributed by atoms with Gasteiger partial charge in [-0.25, -0.2) is 13.2 Å². The first-order valence-corrected chi connectivity index (χ1v) is 16.5. The first-order chi connectivity index (χ1) is 22.5. The Morgan fingerprint density at radius 2 is 1.72 bits per heavy atom. The van der Waals surface area contributed by atoms with E-state index >= 15 is 0 Å². The molecule has 1 aliphatic rings. The number of carboxylic acid groups (broad SMARTS) is 1. The number of aryl methyl sites for hydroxylation is 1. The molecule has 1 saturated heterocycles. The van der Waals surface area contributed by atoms with Crippen molar-refractivity contribution in [3.05, 3.63) is 102 Å². The summed E-state index contributed by atoms with van der Waals surface area (Å²) in [6.45, 7) is 2.18. The van der Waals surface area contributed by atoms with Gasteiger partial charge >= 0.3 is 12.0 Å². The highest BCUT2D eigenvalue weighted by Crippen LogP contribution is 2.32. The summed E-state index contributed by atoms with van der Waals surface area (Å²) in [7, 11) is -2.58. The van der Waals surface area contributed by atoms with Crippen LogP contribution in [-0.2, 0) is 32.6 Å². The third-order valence-corrected chi connectivity index (χ3v) is 9.34. The fourth-order valence-corrected chi connectivity index (χ4v) is 6.65. The van der Waals surface area contributed by atoms with Crippen LogP contribution in [0.3, 0.4) is 0 Å². The first-order valence-electron chi connectivity index (χ1n) is 15.0. The SMILES string of the molecule is COc1cc(CC(=O)N2CCCC2c2ccn(CC(NS(=O)(=O)c3ccccc3)C(=O)O)n2)ccc1NC(=O)Nc1ccccc1C. The number of rotatable bonds is 12. The summed E-state index contributed by atoms with van der Waals surface area (Å²) in [5.41, 5.74) is 3.34. The van der Waals surface area contributed by atoms with Gasteiger partial charge in [0.1, 0.15) is 11.8 Å². The minimum absolute atomic E-state index is 0.0420. The van der Waals surface area contributed by atoms with E-state index in [1.165, 1.54) is 23.9 Å². The van der Waals surface area contributed by atoms with Gasteiger partial charge in [-0.05, 0) is 67.3 Å². The second-order valence-electron chi connectivity index (χ2n) is 11.1. The lowest BCUT2D eigenvalue weighted by atomic mass is 10.1. The highest BCUT2D eigenvalue weighted by Gasteiger charge is 2.32. The van der Waals surface area contributed by atoms with Crippen LogP contribution in [0.5, 0.6) is 5.75 Å². The summed E-state index contributed by atoms with van der Waals surface area (Å²) in [6, 6.07) is 19.6. The standard InChI is InChI=1S/C33H36N6O7S/c1-22-9-6-7-12-25(22)34-33(43)35-27-15-14-23(19-30(27)46-2)20-31(40)39-17-8-13-29(39)26-16-18-38(36-26)21-28(32(41)42)37-47(44,45)24-10-4-3-5-11-24/h3-7,9-12,14-16,18-19,28-29,37H,8,13,17,20-21H2,1-2H3,(H,41,42)(H2,34,35,43). The minimum Gasteiger partial charge on any atom is -0.495 e. The van der Waals surface area contributed by atoms with Gasteiger partial charge in [-0.3, -0.25) is 14.3 Å². The van der Waals surface area contributed by atoms with Gasteiger partial charge in [-0.2, -0.15) is 9.82 Å². The Morgan fingerprint density at radius 3 is 2.45 bits per heavy atom. The molecule has 0 aliphatic carbocycles. The molecule has 1 fully saturated rings. The molecule has 5 rings (SSSR count). The highest BCUT2D eigenvalue weighted by molar-refractivity contribution is 7.89. The van der Waals surface area contributed by atoms with Crippen LogP contribution in [0.25, 0.3) is 0 Å². The van der Waals surface area contributed by atoms with E-state index in [9.17, 15) is 27.9 Å². The van der Waals surface area contributed by atoms with Crippen LogP contribution in [0.15, 0.2) is 90.0 Å². The van der Waals surface area contributed by atoms with Crippen LogP contribution in [0.2, 0.25) is 0 Å². The number of sulfonamides is 1. The summed E-state index contributed by atoms with van der Waals surface area (Å²) in [5.74, 6) is -1.06. The smallest absolute Gasteiger partial charge is 0.323 e. The maximum atomic E-state index is 13.5. The number of anilines is 2. The fourth-order valence-electron chi connectivity index (χ4n) is 5.45. The fraction of sp³-hybridized carbons (Fsp3) is 0.273. The van der Waals surface area contributed by atoms with Gasteiger partial charge in [-0.1, -0.05) is 42.5 Å². The Labute approximate surface area is 272 Å². The zero-order valence-electron chi connectivity index (χ0n) is 25.9. The maximum absolute atomic E-state index is 13.5. The van der Waals surface area contributed by atoms with E-state index in [1.807, 2.05) is 25.1 Å². The summed E-state index contributed by atoms with van der Waals surface area (Å²) < 4.78 is 34.6. The number of carbonyl (C=O) groups excluding carboxylic acids is 2. The predicted octanol–water partition coefficient (Wildman–Crippen LogP) is 4.18. The first kappa shape index (κ1) is 33.2. The molecule has 2 atom stereocenters. The second kappa shape index (κ2) is 14.5. The molecule has 0 spiro atoms. The van der Waals surface area contributed by atoms with Crippen molar-refractivity contribution < 1.29 is 32.6 Å². The van der Waals surface area contributed by atoms with E-state index in [0.717, 1.165) is 12.0 Å². The number of nitrogens with zero attached hydrogens (tertiary/aromatic N) is 3. The van der Waals surface area contributed by atoms with Gasteiger partial charge in [0.05, 0.1) is 42.4 Å². The van der Waals surface area contributed by atoms with Gasteiger partial charge in [0.25, 0.3) is 0 Å². The molecule has 1 aromatic heterocycles.